The molecule has 0 aromatic heterocycles. The van der Waals surface area contributed by atoms with E-state index in [9.17, 15) is 44.1 Å². The van der Waals surface area contributed by atoms with Crippen molar-refractivity contribution in [3.8, 4) is 0 Å². The van der Waals surface area contributed by atoms with Crippen LogP contribution in [-0.4, -0.2) is 66.5 Å². The average molecular weight is 348 g/mol. The van der Waals surface area contributed by atoms with Crippen LogP contribution in [0, 0.1) is 29.1 Å². The molecule has 6 N–H and O–H groups in total. The molecular weight excluding hydrogens is 336 g/mol. The third-order valence-electron chi connectivity index (χ3n) is 4.20. The Kier molecular flexibility index (Phi) is 4.83. The molecule has 132 valence electrons. The largest absolute Gasteiger partial charge is 0.481 e. The monoisotopic (exact) mass is 348 g/mol. The zero-order chi connectivity index (χ0) is 19.0. The fourth-order valence-electron chi connectivity index (χ4n) is 3.19. The first kappa shape index (κ1) is 18.9. The SMILES string of the molecule is O=C(O)C1CC(C(=O)O)C(C(=O)O)(C(=O)O)C(C(=O)O)C1C(=O)O. The van der Waals surface area contributed by atoms with E-state index in [2.05, 4.69) is 0 Å². The summed E-state index contributed by atoms with van der Waals surface area (Å²) in [5.41, 5.74) is -3.54. The first-order valence-corrected chi connectivity index (χ1v) is 6.28. The summed E-state index contributed by atoms with van der Waals surface area (Å²) >= 11 is 0. The van der Waals surface area contributed by atoms with E-state index >= 15 is 0 Å². The molecule has 1 fully saturated rings. The second-order valence-corrected chi connectivity index (χ2v) is 5.23. The number of hydrogen-bond donors (Lipinski definition) is 6. The summed E-state index contributed by atoms with van der Waals surface area (Å²) in [5, 5.41) is 55.1. The van der Waals surface area contributed by atoms with Crippen LogP contribution >= 0.6 is 0 Å². The summed E-state index contributed by atoms with van der Waals surface area (Å²) < 4.78 is 0. The fourth-order valence-corrected chi connectivity index (χ4v) is 3.19. The third kappa shape index (κ3) is 2.51. The molecule has 4 unspecified atom stereocenters. The Bertz CT molecular complexity index is 608. The Balaban J connectivity index is 3.85. The zero-order valence-electron chi connectivity index (χ0n) is 11.6. The Morgan fingerprint density at radius 1 is 0.667 bits per heavy atom. The van der Waals surface area contributed by atoms with Crippen LogP contribution < -0.4 is 0 Å². The lowest BCUT2D eigenvalue weighted by molar-refractivity contribution is -0.202. The molecule has 1 aliphatic carbocycles. The van der Waals surface area contributed by atoms with Crippen molar-refractivity contribution >= 4 is 35.8 Å². The minimum Gasteiger partial charge on any atom is -0.481 e. The first-order chi connectivity index (χ1) is 10.9. The maximum absolute atomic E-state index is 11.5. The van der Waals surface area contributed by atoms with E-state index in [0.717, 1.165) is 0 Å². The Labute approximate surface area is 131 Å². The molecule has 0 saturated heterocycles. The van der Waals surface area contributed by atoms with Crippen molar-refractivity contribution in [2.75, 3.05) is 0 Å². The highest BCUT2D eigenvalue weighted by Crippen LogP contribution is 2.52. The molecule has 0 aromatic rings. The van der Waals surface area contributed by atoms with E-state index in [1.165, 1.54) is 0 Å². The van der Waals surface area contributed by atoms with Gasteiger partial charge in [0.2, 0.25) is 0 Å². The molecule has 0 bridgehead atoms. The fraction of sp³-hybridized carbons (Fsp3) is 0.500. The minimum absolute atomic E-state index is 1.16. The summed E-state index contributed by atoms with van der Waals surface area (Å²) in [6.07, 6.45) is -1.16. The lowest BCUT2D eigenvalue weighted by Crippen LogP contribution is -2.64. The lowest BCUT2D eigenvalue weighted by atomic mass is 9.53. The normalized spacial score (nSPS) is 28.5. The topological polar surface area (TPSA) is 224 Å². The van der Waals surface area contributed by atoms with Crippen LogP contribution in [-0.2, 0) is 28.8 Å². The minimum atomic E-state index is -3.54. The Morgan fingerprint density at radius 2 is 1.12 bits per heavy atom. The molecule has 0 radical (unpaired) electrons. The predicted octanol–water partition coefficient (Wildman–Crippen LogP) is -1.65. The number of carbonyl (C=O) groups is 6. The standard InChI is InChI=1S/C12H12O12/c13-6(14)2-1-3(7(15)16)12(10(21)22,11(23)24)5(9(19)20)4(2)8(17)18/h2-5H,1H2,(H,13,14)(H,15,16)(H,17,18)(H,19,20)(H,21,22)(H,23,24). The van der Waals surface area contributed by atoms with Gasteiger partial charge in [-0.05, 0) is 6.42 Å². The van der Waals surface area contributed by atoms with Crippen LogP contribution in [0.5, 0.6) is 0 Å². The maximum atomic E-state index is 11.5. The van der Waals surface area contributed by atoms with Crippen LogP contribution in [0.1, 0.15) is 6.42 Å². The molecule has 1 rings (SSSR count). The van der Waals surface area contributed by atoms with Gasteiger partial charge in [-0.2, -0.15) is 0 Å². The quantitative estimate of drug-likeness (QED) is 0.297. The van der Waals surface area contributed by atoms with Crippen LogP contribution in [0.4, 0.5) is 0 Å². The van der Waals surface area contributed by atoms with Gasteiger partial charge in [0.15, 0.2) is 5.41 Å². The summed E-state index contributed by atoms with van der Waals surface area (Å²) in [5.74, 6) is -22.7. The van der Waals surface area contributed by atoms with Gasteiger partial charge in [0.1, 0.15) is 0 Å². The van der Waals surface area contributed by atoms with Crippen molar-refractivity contribution in [3.05, 3.63) is 0 Å². The first-order valence-electron chi connectivity index (χ1n) is 6.28. The van der Waals surface area contributed by atoms with Gasteiger partial charge in [0.05, 0.1) is 23.7 Å². The number of carboxylic acids is 6. The van der Waals surface area contributed by atoms with Crippen molar-refractivity contribution < 1.29 is 59.4 Å². The third-order valence-corrected chi connectivity index (χ3v) is 4.20. The molecule has 4 atom stereocenters. The second kappa shape index (κ2) is 6.14. The smallest absolute Gasteiger partial charge is 0.322 e. The summed E-state index contributed by atoms with van der Waals surface area (Å²) in [6.45, 7) is 0. The highest BCUT2D eigenvalue weighted by molar-refractivity contribution is 6.07. The van der Waals surface area contributed by atoms with Crippen molar-refractivity contribution in [2.45, 2.75) is 6.42 Å². The molecule has 0 aromatic carbocycles. The number of hydrogen-bond acceptors (Lipinski definition) is 6. The van der Waals surface area contributed by atoms with E-state index < -0.39 is 71.3 Å². The summed E-state index contributed by atoms with van der Waals surface area (Å²) in [6, 6.07) is 0. The average Bonchev–Trinajstić information content (AvgIpc) is 2.43. The molecule has 12 heteroatoms. The molecule has 1 saturated carbocycles. The van der Waals surface area contributed by atoms with Crippen LogP contribution in [0.15, 0.2) is 0 Å². The van der Waals surface area contributed by atoms with Gasteiger partial charge < -0.3 is 30.6 Å². The molecule has 0 aliphatic heterocycles. The lowest BCUT2D eigenvalue weighted by Gasteiger charge is -2.44. The van der Waals surface area contributed by atoms with E-state index in [4.69, 9.17) is 15.3 Å². The summed E-state index contributed by atoms with van der Waals surface area (Å²) in [4.78, 5) is 68.4. The van der Waals surface area contributed by atoms with Gasteiger partial charge in [-0.25, -0.2) is 0 Å². The van der Waals surface area contributed by atoms with E-state index in [1.807, 2.05) is 0 Å². The van der Waals surface area contributed by atoms with E-state index in [-0.39, 0.29) is 0 Å². The molecule has 0 spiro atoms. The molecule has 12 nitrogen and oxygen atoms in total. The van der Waals surface area contributed by atoms with Crippen molar-refractivity contribution in [2.24, 2.45) is 29.1 Å². The number of carboxylic acid groups (broad SMARTS) is 6. The van der Waals surface area contributed by atoms with Gasteiger partial charge in [-0.1, -0.05) is 0 Å². The van der Waals surface area contributed by atoms with Crippen LogP contribution in [0.25, 0.3) is 0 Å². The van der Waals surface area contributed by atoms with Crippen molar-refractivity contribution in [1.82, 2.24) is 0 Å². The number of rotatable bonds is 6. The van der Waals surface area contributed by atoms with Crippen molar-refractivity contribution in [1.29, 1.82) is 0 Å². The van der Waals surface area contributed by atoms with Gasteiger partial charge in [-0.3, -0.25) is 28.8 Å². The van der Waals surface area contributed by atoms with Gasteiger partial charge in [0, 0.05) is 0 Å². The predicted molar refractivity (Wildman–Crippen MR) is 66.8 cm³/mol. The van der Waals surface area contributed by atoms with Gasteiger partial charge >= 0.3 is 35.8 Å². The Morgan fingerprint density at radius 3 is 1.38 bits per heavy atom. The van der Waals surface area contributed by atoms with E-state index in [1.54, 1.807) is 0 Å². The molecule has 0 amide bonds. The van der Waals surface area contributed by atoms with Gasteiger partial charge in [-0.15, -0.1) is 0 Å². The van der Waals surface area contributed by atoms with Crippen molar-refractivity contribution in [3.63, 3.8) is 0 Å². The van der Waals surface area contributed by atoms with Crippen LogP contribution in [0.2, 0.25) is 0 Å². The van der Waals surface area contributed by atoms with Gasteiger partial charge in [0.25, 0.3) is 0 Å². The Hall–Kier alpha value is -3.18. The molecular formula is C12H12O12. The highest BCUT2D eigenvalue weighted by Gasteiger charge is 2.71. The molecule has 1 aliphatic rings. The summed E-state index contributed by atoms with van der Waals surface area (Å²) in [7, 11) is 0. The van der Waals surface area contributed by atoms with E-state index in [0.29, 0.717) is 0 Å². The zero-order valence-corrected chi connectivity index (χ0v) is 11.6. The number of aliphatic carboxylic acids is 6. The highest BCUT2D eigenvalue weighted by atomic mass is 16.4. The molecule has 0 heterocycles. The molecule has 24 heavy (non-hydrogen) atoms. The second-order valence-electron chi connectivity index (χ2n) is 5.23. The van der Waals surface area contributed by atoms with Crippen LogP contribution in [0.3, 0.4) is 0 Å². The maximum Gasteiger partial charge on any atom is 0.322 e.